The third kappa shape index (κ3) is 3.86. The summed E-state index contributed by atoms with van der Waals surface area (Å²) in [6.45, 7) is 0. The van der Waals surface area contributed by atoms with Gasteiger partial charge in [-0.15, -0.1) is 0 Å². The molecule has 0 saturated carbocycles. The van der Waals surface area contributed by atoms with E-state index in [0.717, 1.165) is 22.2 Å². The van der Waals surface area contributed by atoms with Gasteiger partial charge >= 0.3 is 0 Å². The largest absolute Gasteiger partial charge is 0.285 e. The van der Waals surface area contributed by atoms with Gasteiger partial charge in [-0.3, -0.25) is 19.8 Å². The number of aromatic amines is 1. The molecule has 0 spiro atoms. The van der Waals surface area contributed by atoms with Gasteiger partial charge in [0.15, 0.2) is 0 Å². The number of benzene rings is 2. The summed E-state index contributed by atoms with van der Waals surface area (Å²) in [6.07, 6.45) is 8.29. The first-order valence-corrected chi connectivity index (χ1v) is 10.9. The highest BCUT2D eigenvalue weighted by atomic mass is 32.2. The zero-order valence-electron chi connectivity index (χ0n) is 16.1. The van der Waals surface area contributed by atoms with Crippen LogP contribution < -0.4 is 4.72 Å². The van der Waals surface area contributed by atoms with Gasteiger partial charge in [0.05, 0.1) is 45.9 Å². The van der Waals surface area contributed by atoms with E-state index in [9.17, 15) is 8.42 Å². The van der Waals surface area contributed by atoms with E-state index in [2.05, 4.69) is 29.9 Å². The predicted molar refractivity (Wildman–Crippen MR) is 118 cm³/mol. The molecule has 0 aliphatic carbocycles. The molecule has 5 aromatic rings. The Balaban J connectivity index is 1.49. The van der Waals surface area contributed by atoms with Gasteiger partial charge < -0.3 is 0 Å². The van der Waals surface area contributed by atoms with Crippen molar-refractivity contribution in [2.45, 2.75) is 4.90 Å². The fraction of sp³-hybridized carbons (Fsp3) is 0. The van der Waals surface area contributed by atoms with E-state index in [-0.39, 0.29) is 4.90 Å². The van der Waals surface area contributed by atoms with Crippen LogP contribution in [0.25, 0.3) is 33.4 Å². The number of anilines is 1. The van der Waals surface area contributed by atoms with E-state index in [1.54, 1.807) is 61.2 Å². The van der Waals surface area contributed by atoms with Gasteiger partial charge in [0.2, 0.25) is 0 Å². The van der Waals surface area contributed by atoms with Gasteiger partial charge in [0.25, 0.3) is 10.0 Å². The third-order valence-corrected chi connectivity index (χ3v) is 6.11. The Kier molecular flexibility index (Phi) is 4.64. The standard InChI is InChI=1S/C22H16N6O2S/c29-31(30,19-4-2-1-3-5-19)28-18-8-16(10-23-13-18)15-6-7-20-21(9-15)27-22(14-24-20)17-11-25-26-12-17/h1-14,28H,(H,25,26). The van der Waals surface area contributed by atoms with Crippen LogP contribution in [0.4, 0.5) is 5.69 Å². The first kappa shape index (κ1) is 18.9. The Morgan fingerprint density at radius 1 is 0.806 bits per heavy atom. The van der Waals surface area contributed by atoms with Gasteiger partial charge in [-0.05, 0) is 35.9 Å². The molecule has 0 aliphatic rings. The number of H-pyrrole nitrogens is 1. The first-order chi connectivity index (χ1) is 15.1. The molecular weight excluding hydrogens is 412 g/mol. The molecule has 0 saturated heterocycles. The van der Waals surface area contributed by atoms with Crippen LogP contribution in [0.3, 0.4) is 0 Å². The van der Waals surface area contributed by atoms with Gasteiger partial charge in [-0.25, -0.2) is 13.4 Å². The van der Waals surface area contributed by atoms with Crippen molar-refractivity contribution in [1.82, 2.24) is 25.1 Å². The molecule has 31 heavy (non-hydrogen) atoms. The van der Waals surface area contributed by atoms with Crippen molar-refractivity contribution in [2.24, 2.45) is 0 Å². The van der Waals surface area contributed by atoms with Crippen LogP contribution in [-0.4, -0.2) is 33.6 Å². The molecule has 0 amide bonds. The fourth-order valence-corrected chi connectivity index (χ4v) is 4.24. The molecule has 5 rings (SSSR count). The smallest absolute Gasteiger partial charge is 0.261 e. The number of rotatable bonds is 5. The summed E-state index contributed by atoms with van der Waals surface area (Å²) in [5.41, 5.74) is 5.00. The van der Waals surface area contributed by atoms with Crippen LogP contribution in [0.15, 0.2) is 90.5 Å². The lowest BCUT2D eigenvalue weighted by Gasteiger charge is -2.10. The number of fused-ring (bicyclic) bond motifs is 1. The maximum Gasteiger partial charge on any atom is 0.261 e. The van der Waals surface area contributed by atoms with Crippen molar-refractivity contribution in [3.63, 3.8) is 0 Å². The van der Waals surface area contributed by atoms with Crippen molar-refractivity contribution >= 4 is 26.7 Å². The molecule has 0 radical (unpaired) electrons. The molecule has 9 heteroatoms. The van der Waals surface area contributed by atoms with Gasteiger partial charge in [-0.1, -0.05) is 24.3 Å². The Bertz CT molecular complexity index is 1470. The van der Waals surface area contributed by atoms with E-state index >= 15 is 0 Å². The maximum atomic E-state index is 12.6. The molecule has 0 aliphatic heterocycles. The minimum Gasteiger partial charge on any atom is -0.285 e. The summed E-state index contributed by atoms with van der Waals surface area (Å²) in [4.78, 5) is 13.5. The van der Waals surface area contributed by atoms with Crippen LogP contribution in [0.1, 0.15) is 0 Å². The maximum absolute atomic E-state index is 12.6. The zero-order valence-corrected chi connectivity index (χ0v) is 16.9. The second-order valence-corrected chi connectivity index (χ2v) is 8.51. The van der Waals surface area contributed by atoms with E-state index in [1.807, 2.05) is 18.2 Å². The second kappa shape index (κ2) is 7.62. The lowest BCUT2D eigenvalue weighted by atomic mass is 10.1. The van der Waals surface area contributed by atoms with Crippen molar-refractivity contribution in [2.75, 3.05) is 4.72 Å². The summed E-state index contributed by atoms with van der Waals surface area (Å²) in [5.74, 6) is 0. The molecule has 0 bridgehead atoms. The third-order valence-electron chi connectivity index (χ3n) is 4.71. The number of nitrogens with zero attached hydrogens (tertiary/aromatic N) is 4. The normalized spacial score (nSPS) is 11.5. The molecule has 2 aromatic carbocycles. The Morgan fingerprint density at radius 2 is 1.68 bits per heavy atom. The van der Waals surface area contributed by atoms with Crippen LogP contribution >= 0.6 is 0 Å². The molecule has 2 N–H and O–H groups in total. The monoisotopic (exact) mass is 428 g/mol. The van der Waals surface area contributed by atoms with Crippen LogP contribution in [-0.2, 0) is 10.0 Å². The number of hydrogen-bond donors (Lipinski definition) is 2. The minimum absolute atomic E-state index is 0.188. The van der Waals surface area contributed by atoms with E-state index in [0.29, 0.717) is 16.9 Å². The quantitative estimate of drug-likeness (QED) is 0.439. The summed E-state index contributed by atoms with van der Waals surface area (Å²) in [6, 6.07) is 15.6. The fourth-order valence-electron chi connectivity index (χ4n) is 3.19. The summed E-state index contributed by atoms with van der Waals surface area (Å²) >= 11 is 0. The molecule has 3 heterocycles. The first-order valence-electron chi connectivity index (χ1n) is 9.38. The molecule has 8 nitrogen and oxygen atoms in total. The lowest BCUT2D eigenvalue weighted by Crippen LogP contribution is -2.12. The predicted octanol–water partition coefficient (Wildman–Crippen LogP) is 3.88. The van der Waals surface area contributed by atoms with E-state index in [4.69, 9.17) is 0 Å². The molecule has 152 valence electrons. The number of hydrogen-bond acceptors (Lipinski definition) is 6. The van der Waals surface area contributed by atoms with Crippen molar-refractivity contribution < 1.29 is 8.42 Å². The van der Waals surface area contributed by atoms with Gasteiger partial charge in [0, 0.05) is 23.5 Å². The molecular formula is C22H16N6O2S. The summed E-state index contributed by atoms with van der Waals surface area (Å²) < 4.78 is 27.8. The van der Waals surface area contributed by atoms with E-state index < -0.39 is 10.0 Å². The highest BCUT2D eigenvalue weighted by molar-refractivity contribution is 7.92. The topological polar surface area (TPSA) is 114 Å². The van der Waals surface area contributed by atoms with Gasteiger partial charge in [-0.2, -0.15) is 5.10 Å². The summed E-state index contributed by atoms with van der Waals surface area (Å²) in [7, 11) is -3.70. The van der Waals surface area contributed by atoms with Crippen molar-refractivity contribution in [3.05, 3.63) is 85.6 Å². The highest BCUT2D eigenvalue weighted by Crippen LogP contribution is 2.26. The van der Waals surface area contributed by atoms with E-state index in [1.165, 1.54) is 6.20 Å². The SMILES string of the molecule is O=S(=O)(Nc1cncc(-c2ccc3ncc(-c4cn[nH]c4)nc3c2)c1)c1ccccc1. The van der Waals surface area contributed by atoms with Crippen molar-refractivity contribution in [3.8, 4) is 22.4 Å². The average molecular weight is 428 g/mol. The zero-order chi connectivity index (χ0) is 21.3. The van der Waals surface area contributed by atoms with Crippen LogP contribution in [0.5, 0.6) is 0 Å². The average Bonchev–Trinajstić information content (AvgIpc) is 3.34. The second-order valence-electron chi connectivity index (χ2n) is 6.83. The Morgan fingerprint density at radius 3 is 2.48 bits per heavy atom. The highest BCUT2D eigenvalue weighted by Gasteiger charge is 2.14. The summed E-state index contributed by atoms with van der Waals surface area (Å²) in [5, 5.41) is 6.72. The Hall–Kier alpha value is -4.11. The number of pyridine rings is 1. The van der Waals surface area contributed by atoms with Crippen LogP contribution in [0.2, 0.25) is 0 Å². The lowest BCUT2D eigenvalue weighted by molar-refractivity contribution is 0.601. The van der Waals surface area contributed by atoms with Gasteiger partial charge in [0.1, 0.15) is 0 Å². The molecule has 0 atom stereocenters. The molecule has 0 fully saturated rings. The Labute approximate surface area is 178 Å². The molecule has 0 unspecified atom stereocenters. The number of sulfonamides is 1. The van der Waals surface area contributed by atoms with Crippen molar-refractivity contribution in [1.29, 1.82) is 0 Å². The number of aromatic nitrogens is 5. The minimum atomic E-state index is -3.70. The molecule has 3 aromatic heterocycles. The number of nitrogens with one attached hydrogen (secondary N) is 2. The van der Waals surface area contributed by atoms with Crippen LogP contribution in [0, 0.1) is 0 Å².